The minimum Gasteiger partial charge on any atom is -0.383 e. The molecule has 0 saturated heterocycles. The van der Waals surface area contributed by atoms with Crippen molar-refractivity contribution >= 4 is 5.82 Å². The normalized spacial score (nSPS) is 22.2. The van der Waals surface area contributed by atoms with Crippen molar-refractivity contribution in [2.75, 3.05) is 5.73 Å². The molecule has 2 aliphatic rings. The number of hydrogen-bond acceptors (Lipinski definition) is 4. The van der Waals surface area contributed by atoms with E-state index in [0.717, 1.165) is 42.8 Å². The minimum atomic E-state index is -0.263. The maximum atomic E-state index is 6.09. The van der Waals surface area contributed by atoms with E-state index < -0.39 is 0 Å². The number of nitrogens with two attached hydrogens (primary N) is 2. The number of fused-ring (bicyclic) bond motifs is 1. The zero-order valence-corrected chi connectivity index (χ0v) is 8.79. The van der Waals surface area contributed by atoms with Crippen LogP contribution >= 0.6 is 0 Å². The molecule has 0 radical (unpaired) electrons. The van der Waals surface area contributed by atoms with Crippen molar-refractivity contribution in [3.8, 4) is 0 Å². The molecule has 2 aliphatic carbocycles. The monoisotopic (exact) mass is 204 g/mol. The molecular weight excluding hydrogens is 188 g/mol. The van der Waals surface area contributed by atoms with Crippen LogP contribution < -0.4 is 11.5 Å². The van der Waals surface area contributed by atoms with Gasteiger partial charge in [0.15, 0.2) is 5.82 Å². The van der Waals surface area contributed by atoms with Gasteiger partial charge in [0.05, 0.1) is 5.54 Å². The third kappa shape index (κ3) is 1.40. The summed E-state index contributed by atoms with van der Waals surface area (Å²) in [6, 6.07) is 0. The van der Waals surface area contributed by atoms with Crippen LogP contribution in [0.5, 0.6) is 0 Å². The molecule has 0 spiro atoms. The second-order valence-electron chi connectivity index (χ2n) is 4.72. The fraction of sp³-hybridized carbons (Fsp3) is 0.636. The van der Waals surface area contributed by atoms with Crippen LogP contribution in [-0.2, 0) is 18.4 Å². The van der Waals surface area contributed by atoms with Crippen molar-refractivity contribution in [2.24, 2.45) is 5.73 Å². The Balaban J connectivity index is 2.08. The van der Waals surface area contributed by atoms with Gasteiger partial charge in [-0.2, -0.15) is 0 Å². The van der Waals surface area contributed by atoms with Crippen molar-refractivity contribution in [1.82, 2.24) is 9.97 Å². The molecule has 1 aromatic heterocycles. The first-order valence-electron chi connectivity index (χ1n) is 5.64. The van der Waals surface area contributed by atoms with E-state index in [0.29, 0.717) is 5.82 Å². The van der Waals surface area contributed by atoms with Gasteiger partial charge in [0.1, 0.15) is 5.82 Å². The average Bonchev–Trinajstić information content (AvgIpc) is 2.98. The standard InChI is InChI=1S/C11H16N4/c12-9-7-3-1-2-4-8(7)14-10(15-9)11(13)5-6-11/h1-6,13H2,(H2,12,14,15). The minimum absolute atomic E-state index is 0.263. The maximum absolute atomic E-state index is 6.09. The molecule has 0 bridgehead atoms. The highest BCUT2D eigenvalue weighted by Gasteiger charge is 2.43. The number of aryl methyl sites for hydroxylation is 1. The summed E-state index contributed by atoms with van der Waals surface area (Å²) in [5.74, 6) is 1.42. The smallest absolute Gasteiger partial charge is 0.150 e. The Bertz CT molecular complexity index is 409. The Morgan fingerprint density at radius 2 is 1.80 bits per heavy atom. The number of hydrogen-bond donors (Lipinski definition) is 2. The molecule has 4 nitrogen and oxygen atoms in total. The molecule has 4 heteroatoms. The van der Waals surface area contributed by atoms with Crippen LogP contribution in [0.1, 0.15) is 42.8 Å². The molecule has 15 heavy (non-hydrogen) atoms. The summed E-state index contributed by atoms with van der Waals surface area (Å²) in [5.41, 5.74) is 14.1. The molecule has 0 atom stereocenters. The summed E-state index contributed by atoms with van der Waals surface area (Å²) in [6.07, 6.45) is 6.45. The molecule has 0 unspecified atom stereocenters. The van der Waals surface area contributed by atoms with E-state index in [4.69, 9.17) is 11.5 Å². The van der Waals surface area contributed by atoms with E-state index in [9.17, 15) is 0 Å². The van der Waals surface area contributed by atoms with Gasteiger partial charge in [0.25, 0.3) is 0 Å². The summed E-state index contributed by atoms with van der Waals surface area (Å²) in [7, 11) is 0. The molecule has 80 valence electrons. The van der Waals surface area contributed by atoms with Gasteiger partial charge in [0.2, 0.25) is 0 Å². The number of nitrogen functional groups attached to an aromatic ring is 1. The molecular formula is C11H16N4. The molecule has 3 rings (SSSR count). The topological polar surface area (TPSA) is 77.8 Å². The fourth-order valence-electron chi connectivity index (χ4n) is 2.20. The Morgan fingerprint density at radius 3 is 2.53 bits per heavy atom. The predicted octanol–water partition coefficient (Wildman–Crippen LogP) is 0.885. The molecule has 4 N–H and O–H groups in total. The number of aromatic nitrogens is 2. The van der Waals surface area contributed by atoms with E-state index in [1.807, 2.05) is 0 Å². The van der Waals surface area contributed by atoms with Crippen LogP contribution in [-0.4, -0.2) is 9.97 Å². The van der Waals surface area contributed by atoms with E-state index in [1.165, 1.54) is 12.8 Å². The molecule has 1 fully saturated rings. The van der Waals surface area contributed by atoms with Gasteiger partial charge < -0.3 is 11.5 Å². The van der Waals surface area contributed by atoms with Crippen LogP contribution in [0.25, 0.3) is 0 Å². The van der Waals surface area contributed by atoms with Crippen LogP contribution in [0, 0.1) is 0 Å². The van der Waals surface area contributed by atoms with Gasteiger partial charge in [-0.05, 0) is 38.5 Å². The summed E-state index contributed by atoms with van der Waals surface area (Å²) in [4.78, 5) is 8.95. The van der Waals surface area contributed by atoms with Gasteiger partial charge in [-0.15, -0.1) is 0 Å². The quantitative estimate of drug-likeness (QED) is 0.712. The van der Waals surface area contributed by atoms with E-state index in [-0.39, 0.29) is 5.54 Å². The number of anilines is 1. The maximum Gasteiger partial charge on any atom is 0.150 e. The van der Waals surface area contributed by atoms with Gasteiger partial charge in [-0.1, -0.05) is 0 Å². The Morgan fingerprint density at radius 1 is 1.07 bits per heavy atom. The number of nitrogens with zero attached hydrogens (tertiary/aromatic N) is 2. The van der Waals surface area contributed by atoms with E-state index in [2.05, 4.69) is 9.97 Å². The first-order chi connectivity index (χ1) is 7.19. The molecule has 1 aromatic rings. The van der Waals surface area contributed by atoms with Crippen molar-refractivity contribution in [3.05, 3.63) is 17.1 Å². The lowest BCUT2D eigenvalue weighted by molar-refractivity contribution is 0.621. The lowest BCUT2D eigenvalue weighted by Crippen LogP contribution is -2.25. The highest BCUT2D eigenvalue weighted by atomic mass is 15.0. The SMILES string of the molecule is Nc1nc(C2(N)CC2)nc2c1CCCC2. The fourth-order valence-corrected chi connectivity index (χ4v) is 2.20. The van der Waals surface area contributed by atoms with Gasteiger partial charge in [-0.25, -0.2) is 9.97 Å². The highest BCUT2D eigenvalue weighted by Crippen LogP contribution is 2.41. The van der Waals surface area contributed by atoms with Crippen molar-refractivity contribution in [2.45, 2.75) is 44.1 Å². The Kier molecular flexibility index (Phi) is 1.77. The number of rotatable bonds is 1. The molecule has 0 aromatic carbocycles. The second-order valence-corrected chi connectivity index (χ2v) is 4.72. The third-order valence-electron chi connectivity index (χ3n) is 3.45. The summed E-state index contributed by atoms with van der Waals surface area (Å²) >= 11 is 0. The predicted molar refractivity (Wildman–Crippen MR) is 58.2 cm³/mol. The van der Waals surface area contributed by atoms with Crippen LogP contribution in [0.2, 0.25) is 0 Å². The Labute approximate surface area is 89.1 Å². The first kappa shape index (κ1) is 9.09. The largest absolute Gasteiger partial charge is 0.383 e. The van der Waals surface area contributed by atoms with Gasteiger partial charge >= 0.3 is 0 Å². The molecule has 1 saturated carbocycles. The van der Waals surface area contributed by atoms with Gasteiger partial charge in [-0.3, -0.25) is 0 Å². The average molecular weight is 204 g/mol. The van der Waals surface area contributed by atoms with Crippen LogP contribution in [0.3, 0.4) is 0 Å². The van der Waals surface area contributed by atoms with Crippen molar-refractivity contribution in [1.29, 1.82) is 0 Å². The summed E-state index contributed by atoms with van der Waals surface area (Å²) < 4.78 is 0. The lowest BCUT2D eigenvalue weighted by atomic mass is 9.96. The van der Waals surface area contributed by atoms with E-state index in [1.54, 1.807) is 0 Å². The third-order valence-corrected chi connectivity index (χ3v) is 3.45. The van der Waals surface area contributed by atoms with Crippen LogP contribution in [0.15, 0.2) is 0 Å². The summed E-state index contributed by atoms with van der Waals surface area (Å²) in [6.45, 7) is 0. The molecule has 0 amide bonds. The zero-order valence-electron chi connectivity index (χ0n) is 8.79. The second kappa shape index (κ2) is 2.92. The van der Waals surface area contributed by atoms with Gasteiger partial charge in [0, 0.05) is 11.3 Å². The van der Waals surface area contributed by atoms with E-state index >= 15 is 0 Å². The highest BCUT2D eigenvalue weighted by molar-refractivity contribution is 5.44. The summed E-state index contributed by atoms with van der Waals surface area (Å²) in [5, 5.41) is 0. The molecule has 0 aliphatic heterocycles. The zero-order chi connectivity index (χ0) is 10.5. The Hall–Kier alpha value is -1.16. The lowest BCUT2D eigenvalue weighted by Gasteiger charge is -2.18. The first-order valence-corrected chi connectivity index (χ1v) is 5.64. The molecule has 1 heterocycles. The van der Waals surface area contributed by atoms with Crippen molar-refractivity contribution < 1.29 is 0 Å². The van der Waals surface area contributed by atoms with Crippen LogP contribution in [0.4, 0.5) is 5.82 Å². The van der Waals surface area contributed by atoms with Crippen molar-refractivity contribution in [3.63, 3.8) is 0 Å².